The van der Waals surface area contributed by atoms with Crippen LogP contribution >= 0.6 is 0 Å². The largest absolute Gasteiger partial charge is 0.321 e. The molecular weight excluding hydrogens is 258 g/mol. The van der Waals surface area contributed by atoms with Crippen LogP contribution in [0.4, 0.5) is 5.69 Å². The molecule has 0 aliphatic heterocycles. The molecule has 3 aromatic carbocycles. The molecule has 3 aromatic rings. The van der Waals surface area contributed by atoms with E-state index < -0.39 is 0 Å². The number of rotatable bonds is 3. The Morgan fingerprint density at radius 2 is 1.48 bits per heavy atom. The van der Waals surface area contributed by atoms with E-state index in [-0.39, 0.29) is 5.91 Å². The van der Waals surface area contributed by atoms with Crippen LogP contribution in [0.3, 0.4) is 0 Å². The zero-order valence-electron chi connectivity index (χ0n) is 11.4. The molecule has 0 heterocycles. The highest BCUT2D eigenvalue weighted by Gasteiger charge is 2.09. The fourth-order valence-electron chi connectivity index (χ4n) is 2.19. The van der Waals surface area contributed by atoms with Crippen LogP contribution in [0.25, 0.3) is 11.1 Å². The molecule has 101 valence electrons. The van der Waals surface area contributed by atoms with E-state index in [1.165, 1.54) is 0 Å². The molecule has 0 spiro atoms. The maximum absolute atomic E-state index is 12.3. The van der Waals surface area contributed by atoms with E-state index in [4.69, 9.17) is 0 Å². The minimum absolute atomic E-state index is 0.106. The molecule has 0 aromatic heterocycles. The summed E-state index contributed by atoms with van der Waals surface area (Å²) in [6, 6.07) is 27.7. The van der Waals surface area contributed by atoms with Crippen LogP contribution in [-0.4, -0.2) is 5.91 Å². The van der Waals surface area contributed by atoms with Gasteiger partial charge in [0.05, 0.1) is 0 Å². The van der Waals surface area contributed by atoms with Gasteiger partial charge < -0.3 is 5.32 Å². The second-order valence-corrected chi connectivity index (χ2v) is 4.65. The summed E-state index contributed by atoms with van der Waals surface area (Å²) in [7, 11) is 0. The van der Waals surface area contributed by atoms with E-state index in [1.807, 2.05) is 66.7 Å². The molecule has 0 unspecified atom stereocenters. The first-order chi connectivity index (χ1) is 10.3. The van der Waals surface area contributed by atoms with Gasteiger partial charge in [-0.15, -0.1) is 0 Å². The summed E-state index contributed by atoms with van der Waals surface area (Å²) in [5, 5.41) is 2.98. The summed E-state index contributed by atoms with van der Waals surface area (Å²) >= 11 is 0. The normalized spacial score (nSPS) is 10.1. The average Bonchev–Trinajstić information content (AvgIpc) is 2.57. The number of benzene rings is 3. The molecule has 2 nitrogen and oxygen atoms in total. The lowest BCUT2D eigenvalue weighted by Gasteiger charge is -2.11. The van der Waals surface area contributed by atoms with Crippen LogP contribution < -0.4 is 5.32 Å². The van der Waals surface area contributed by atoms with E-state index in [0.29, 0.717) is 5.56 Å². The van der Waals surface area contributed by atoms with Crippen molar-refractivity contribution in [2.45, 2.75) is 0 Å². The van der Waals surface area contributed by atoms with Crippen molar-refractivity contribution in [3.8, 4) is 11.1 Å². The van der Waals surface area contributed by atoms with Crippen LogP contribution in [0, 0.1) is 6.07 Å². The molecule has 0 bridgehead atoms. The summed E-state index contributed by atoms with van der Waals surface area (Å²) in [5.74, 6) is -0.106. The Labute approximate surface area is 124 Å². The third-order valence-electron chi connectivity index (χ3n) is 3.24. The second kappa shape index (κ2) is 6.06. The molecule has 0 atom stereocenters. The minimum atomic E-state index is -0.106. The van der Waals surface area contributed by atoms with Gasteiger partial charge in [-0.1, -0.05) is 60.7 Å². The third-order valence-corrected chi connectivity index (χ3v) is 3.24. The van der Waals surface area contributed by atoms with Crippen LogP contribution in [0.2, 0.25) is 0 Å². The second-order valence-electron chi connectivity index (χ2n) is 4.65. The fourth-order valence-corrected chi connectivity index (χ4v) is 2.19. The first-order valence-corrected chi connectivity index (χ1v) is 6.76. The van der Waals surface area contributed by atoms with Crippen LogP contribution in [0.5, 0.6) is 0 Å². The predicted octanol–water partition coefficient (Wildman–Crippen LogP) is 4.41. The summed E-state index contributed by atoms with van der Waals surface area (Å²) < 4.78 is 0. The average molecular weight is 272 g/mol. The van der Waals surface area contributed by atoms with Crippen LogP contribution in [0.1, 0.15) is 10.4 Å². The SMILES string of the molecule is O=C(Nc1ccccc1-c1cc[c]cc1)c1ccccc1. The molecule has 1 N–H and O–H groups in total. The molecule has 0 aliphatic carbocycles. The zero-order chi connectivity index (χ0) is 14.5. The number of anilines is 1. The van der Waals surface area contributed by atoms with E-state index in [1.54, 1.807) is 12.1 Å². The quantitative estimate of drug-likeness (QED) is 0.752. The van der Waals surface area contributed by atoms with Gasteiger partial charge in [-0.2, -0.15) is 0 Å². The first-order valence-electron chi connectivity index (χ1n) is 6.76. The van der Waals surface area contributed by atoms with Gasteiger partial charge in [0.1, 0.15) is 0 Å². The van der Waals surface area contributed by atoms with Gasteiger partial charge in [-0.3, -0.25) is 4.79 Å². The van der Waals surface area contributed by atoms with Crippen molar-refractivity contribution >= 4 is 11.6 Å². The van der Waals surface area contributed by atoms with Gasteiger partial charge in [0.15, 0.2) is 0 Å². The van der Waals surface area contributed by atoms with Crippen molar-refractivity contribution in [3.63, 3.8) is 0 Å². The summed E-state index contributed by atoms with van der Waals surface area (Å²) in [4.78, 5) is 12.3. The standard InChI is InChI=1S/C19H14NO/c21-19(16-11-5-2-6-12-16)20-18-14-8-7-13-17(18)15-9-3-1-4-10-15/h2-14H,(H,20,21). The minimum Gasteiger partial charge on any atom is -0.321 e. The smallest absolute Gasteiger partial charge is 0.255 e. The number of hydrogen-bond acceptors (Lipinski definition) is 1. The molecule has 0 saturated heterocycles. The van der Waals surface area contributed by atoms with Gasteiger partial charge >= 0.3 is 0 Å². The molecule has 2 heteroatoms. The van der Waals surface area contributed by atoms with Gasteiger partial charge in [0, 0.05) is 16.8 Å². The maximum atomic E-state index is 12.3. The van der Waals surface area contributed by atoms with Crippen molar-refractivity contribution in [1.29, 1.82) is 0 Å². The Kier molecular flexibility index (Phi) is 3.79. The molecule has 0 aliphatic rings. The molecule has 0 fully saturated rings. The first kappa shape index (κ1) is 13.1. The lowest BCUT2D eigenvalue weighted by molar-refractivity contribution is 0.102. The summed E-state index contributed by atoms with van der Waals surface area (Å²) in [6.45, 7) is 0. The Hall–Kier alpha value is -2.87. The van der Waals surface area contributed by atoms with Crippen molar-refractivity contribution in [3.05, 3.63) is 90.5 Å². The van der Waals surface area contributed by atoms with E-state index in [2.05, 4.69) is 11.4 Å². The molecule has 3 rings (SSSR count). The zero-order valence-corrected chi connectivity index (χ0v) is 11.4. The Morgan fingerprint density at radius 3 is 2.24 bits per heavy atom. The van der Waals surface area contributed by atoms with Crippen molar-refractivity contribution in [2.75, 3.05) is 5.32 Å². The number of carbonyl (C=O) groups is 1. The predicted molar refractivity (Wildman–Crippen MR) is 85.1 cm³/mol. The third kappa shape index (κ3) is 3.00. The topological polar surface area (TPSA) is 29.1 Å². The fraction of sp³-hybridized carbons (Fsp3) is 0. The van der Waals surface area contributed by atoms with Crippen LogP contribution in [-0.2, 0) is 0 Å². The monoisotopic (exact) mass is 272 g/mol. The highest BCUT2D eigenvalue weighted by molar-refractivity contribution is 6.06. The number of carbonyl (C=O) groups excluding carboxylic acids is 1. The molecule has 1 amide bonds. The lowest BCUT2D eigenvalue weighted by Crippen LogP contribution is -2.12. The number of para-hydroxylation sites is 1. The van der Waals surface area contributed by atoms with Crippen molar-refractivity contribution in [2.24, 2.45) is 0 Å². The number of nitrogens with one attached hydrogen (secondary N) is 1. The van der Waals surface area contributed by atoms with Gasteiger partial charge in [-0.05, 0) is 29.8 Å². The van der Waals surface area contributed by atoms with E-state index in [9.17, 15) is 4.79 Å². The van der Waals surface area contributed by atoms with E-state index in [0.717, 1.165) is 16.8 Å². The maximum Gasteiger partial charge on any atom is 0.255 e. The van der Waals surface area contributed by atoms with Gasteiger partial charge in [0.25, 0.3) is 5.91 Å². The van der Waals surface area contributed by atoms with Crippen molar-refractivity contribution in [1.82, 2.24) is 0 Å². The van der Waals surface area contributed by atoms with Gasteiger partial charge in [-0.25, -0.2) is 0 Å². The Bertz CT molecular complexity index is 736. The summed E-state index contributed by atoms with van der Waals surface area (Å²) in [6.07, 6.45) is 0. The molecule has 0 saturated carbocycles. The number of amides is 1. The highest BCUT2D eigenvalue weighted by atomic mass is 16.1. The number of hydrogen-bond donors (Lipinski definition) is 1. The Morgan fingerprint density at radius 1 is 0.810 bits per heavy atom. The van der Waals surface area contributed by atoms with E-state index >= 15 is 0 Å². The lowest BCUT2D eigenvalue weighted by atomic mass is 10.0. The Balaban J connectivity index is 1.92. The van der Waals surface area contributed by atoms with Gasteiger partial charge in [0.2, 0.25) is 0 Å². The molecule has 1 radical (unpaired) electrons. The summed E-state index contributed by atoms with van der Waals surface area (Å²) in [5.41, 5.74) is 3.50. The van der Waals surface area contributed by atoms with Crippen molar-refractivity contribution < 1.29 is 4.79 Å². The molecule has 21 heavy (non-hydrogen) atoms. The molecular formula is C19H14NO. The highest BCUT2D eigenvalue weighted by Crippen LogP contribution is 2.27. The van der Waals surface area contributed by atoms with Crippen LogP contribution in [0.15, 0.2) is 78.9 Å².